The molecule has 2 aromatic rings. The minimum atomic E-state index is -0.484. The van der Waals surface area contributed by atoms with Crippen molar-refractivity contribution in [3.8, 4) is 5.75 Å². The van der Waals surface area contributed by atoms with E-state index in [1.54, 1.807) is 7.11 Å². The number of methoxy groups -OCH3 is 1. The first-order chi connectivity index (χ1) is 15.1. The second-order valence-corrected chi connectivity index (χ2v) is 9.74. The lowest BCUT2D eigenvalue weighted by molar-refractivity contribution is -0.973. The van der Waals surface area contributed by atoms with Crippen molar-refractivity contribution >= 4 is 10.9 Å². The van der Waals surface area contributed by atoms with Crippen molar-refractivity contribution in [2.24, 2.45) is 11.8 Å². The number of fused-ring (bicyclic) bond motifs is 4. The highest BCUT2D eigenvalue weighted by atomic mass is 16.5. The lowest BCUT2D eigenvalue weighted by Gasteiger charge is -2.58. The predicted molar refractivity (Wildman–Crippen MR) is 127 cm³/mol. The summed E-state index contributed by atoms with van der Waals surface area (Å²) < 4.78 is 6.51. The molecule has 0 amide bonds. The van der Waals surface area contributed by atoms with Crippen LogP contribution in [0.3, 0.4) is 0 Å². The first-order valence-corrected chi connectivity index (χ1v) is 12.2. The Labute approximate surface area is 187 Å². The third-order valence-corrected chi connectivity index (χ3v) is 8.05. The lowest BCUT2D eigenvalue weighted by atomic mass is 9.71. The number of quaternary nitrogens is 1. The van der Waals surface area contributed by atoms with Crippen LogP contribution in [0.4, 0.5) is 0 Å². The molecule has 0 saturated carbocycles. The summed E-state index contributed by atoms with van der Waals surface area (Å²) in [6.07, 6.45) is 12.4. The number of pyridine rings is 1. The van der Waals surface area contributed by atoms with Crippen LogP contribution in [0, 0.1) is 11.8 Å². The molecule has 2 bridgehead atoms. The van der Waals surface area contributed by atoms with Gasteiger partial charge in [0.25, 0.3) is 0 Å². The molecule has 1 unspecified atom stereocenters. The predicted octanol–water partition coefficient (Wildman–Crippen LogP) is 5.66. The van der Waals surface area contributed by atoms with Crippen molar-refractivity contribution in [1.82, 2.24) is 4.98 Å². The first kappa shape index (κ1) is 22.3. The number of piperidine rings is 3. The minimum Gasteiger partial charge on any atom is -0.497 e. The zero-order valence-electron chi connectivity index (χ0n) is 19.3. The van der Waals surface area contributed by atoms with Crippen LogP contribution < -0.4 is 4.74 Å². The Bertz CT molecular complexity index is 898. The van der Waals surface area contributed by atoms with Gasteiger partial charge in [-0.25, -0.2) is 0 Å². The Morgan fingerprint density at radius 2 is 2.10 bits per heavy atom. The second-order valence-electron chi connectivity index (χ2n) is 9.74. The van der Waals surface area contributed by atoms with Crippen LogP contribution in [0.1, 0.15) is 63.5 Å². The summed E-state index contributed by atoms with van der Waals surface area (Å²) in [5, 5.41) is 12.8. The van der Waals surface area contributed by atoms with Gasteiger partial charge in [0, 0.05) is 30.3 Å². The molecule has 4 heteroatoms. The Kier molecular flexibility index (Phi) is 6.98. The summed E-state index contributed by atoms with van der Waals surface area (Å²) in [5.74, 6) is 2.05. The molecule has 31 heavy (non-hydrogen) atoms. The monoisotopic (exact) mass is 423 g/mol. The van der Waals surface area contributed by atoms with Gasteiger partial charge in [-0.1, -0.05) is 32.3 Å². The summed E-state index contributed by atoms with van der Waals surface area (Å²) >= 11 is 0. The van der Waals surface area contributed by atoms with Crippen LogP contribution in [0.5, 0.6) is 5.75 Å². The highest BCUT2D eigenvalue weighted by molar-refractivity contribution is 5.83. The molecule has 168 valence electrons. The molecule has 3 saturated heterocycles. The fraction of sp³-hybridized carbons (Fsp3) is 0.593. The quantitative estimate of drug-likeness (QED) is 0.305. The topological polar surface area (TPSA) is 42.4 Å². The first-order valence-electron chi connectivity index (χ1n) is 12.2. The van der Waals surface area contributed by atoms with Gasteiger partial charge in [0.1, 0.15) is 17.9 Å². The number of aromatic nitrogens is 1. The van der Waals surface area contributed by atoms with Gasteiger partial charge in [-0.3, -0.25) is 4.98 Å². The SMILES string of the molecule is C=C[C@H]1C[N+]2(CCCCCCC)CC[C@H]1C[C@H]2[C@H](O)c1ccnc2ccc(OC)cc12. The van der Waals surface area contributed by atoms with E-state index in [1.807, 2.05) is 30.5 Å². The fourth-order valence-corrected chi connectivity index (χ4v) is 6.26. The van der Waals surface area contributed by atoms with E-state index in [0.29, 0.717) is 11.8 Å². The van der Waals surface area contributed by atoms with Crippen LogP contribution in [-0.2, 0) is 0 Å². The van der Waals surface area contributed by atoms with E-state index in [1.165, 1.54) is 51.6 Å². The Balaban J connectivity index is 1.63. The molecule has 4 heterocycles. The van der Waals surface area contributed by atoms with Gasteiger partial charge in [0.05, 0.1) is 32.3 Å². The van der Waals surface area contributed by atoms with E-state index in [0.717, 1.165) is 39.7 Å². The maximum absolute atomic E-state index is 11.8. The normalized spacial score (nSPS) is 28.5. The van der Waals surface area contributed by atoms with Crippen LogP contribution in [0.25, 0.3) is 10.9 Å². The molecule has 0 aliphatic carbocycles. The number of aliphatic hydroxyl groups is 1. The zero-order chi connectivity index (χ0) is 21.8. The van der Waals surface area contributed by atoms with E-state index >= 15 is 0 Å². The maximum atomic E-state index is 11.8. The van der Waals surface area contributed by atoms with Gasteiger partial charge >= 0.3 is 0 Å². The standard InChI is InChI=1S/C27H39N2O2/c1-4-6-7-8-9-15-29-16-13-21(20(5-2)19-29)17-26(29)27(30)23-12-14-28-25-11-10-22(31-3)18-24(23)25/h5,10-12,14,18,20-21,26-27,30H,2,4,6-9,13,15-17,19H2,1,3H3/q+1/t20-,21-,26-,27+,29?/m0/s1. The second kappa shape index (κ2) is 9.70. The Hall–Kier alpha value is -1.91. The largest absolute Gasteiger partial charge is 0.497 e. The molecule has 5 rings (SSSR count). The molecule has 1 N–H and O–H groups in total. The Morgan fingerprint density at radius 1 is 1.26 bits per heavy atom. The number of aliphatic hydroxyl groups excluding tert-OH is 1. The van der Waals surface area contributed by atoms with Crippen molar-refractivity contribution in [3.63, 3.8) is 0 Å². The number of ether oxygens (including phenoxy) is 1. The molecule has 0 spiro atoms. The molecule has 1 aromatic carbocycles. The van der Waals surface area contributed by atoms with Crippen molar-refractivity contribution in [1.29, 1.82) is 0 Å². The van der Waals surface area contributed by atoms with Gasteiger partial charge in [0.2, 0.25) is 0 Å². The van der Waals surface area contributed by atoms with Crippen molar-refractivity contribution in [2.45, 2.75) is 64.0 Å². The molecular formula is C27H39N2O2+. The molecular weight excluding hydrogens is 384 g/mol. The molecule has 3 aliphatic rings. The van der Waals surface area contributed by atoms with Gasteiger partial charge in [-0.15, -0.1) is 6.58 Å². The van der Waals surface area contributed by atoms with E-state index in [4.69, 9.17) is 4.74 Å². The highest BCUT2D eigenvalue weighted by Gasteiger charge is 2.53. The molecule has 5 atom stereocenters. The van der Waals surface area contributed by atoms with Gasteiger partial charge in [-0.05, 0) is 48.6 Å². The van der Waals surface area contributed by atoms with E-state index in [2.05, 4.69) is 24.6 Å². The van der Waals surface area contributed by atoms with E-state index in [-0.39, 0.29) is 6.04 Å². The number of benzene rings is 1. The van der Waals surface area contributed by atoms with E-state index in [9.17, 15) is 5.11 Å². The van der Waals surface area contributed by atoms with Crippen LogP contribution >= 0.6 is 0 Å². The van der Waals surface area contributed by atoms with Gasteiger partial charge in [-0.2, -0.15) is 0 Å². The number of hydrogen-bond acceptors (Lipinski definition) is 3. The van der Waals surface area contributed by atoms with Crippen LogP contribution in [-0.4, -0.2) is 47.4 Å². The molecule has 3 fully saturated rings. The van der Waals surface area contributed by atoms with Crippen molar-refractivity contribution < 1.29 is 14.3 Å². The average Bonchev–Trinajstić information content (AvgIpc) is 2.82. The minimum absolute atomic E-state index is 0.248. The summed E-state index contributed by atoms with van der Waals surface area (Å²) in [6, 6.07) is 8.22. The molecule has 0 radical (unpaired) electrons. The van der Waals surface area contributed by atoms with Crippen molar-refractivity contribution in [3.05, 3.63) is 48.7 Å². The average molecular weight is 424 g/mol. The van der Waals surface area contributed by atoms with E-state index < -0.39 is 6.10 Å². The maximum Gasteiger partial charge on any atom is 0.131 e. The third-order valence-electron chi connectivity index (χ3n) is 8.05. The number of nitrogens with zero attached hydrogens (tertiary/aromatic N) is 2. The number of hydrogen-bond donors (Lipinski definition) is 1. The smallest absolute Gasteiger partial charge is 0.131 e. The Morgan fingerprint density at radius 3 is 2.87 bits per heavy atom. The summed E-state index contributed by atoms with van der Waals surface area (Å²) in [6.45, 7) is 9.92. The number of unbranched alkanes of at least 4 members (excludes halogenated alkanes) is 4. The zero-order valence-corrected chi connectivity index (χ0v) is 19.3. The fourth-order valence-electron chi connectivity index (χ4n) is 6.26. The molecule has 3 aliphatic heterocycles. The summed E-state index contributed by atoms with van der Waals surface area (Å²) in [5.41, 5.74) is 1.92. The van der Waals surface area contributed by atoms with Crippen LogP contribution in [0.15, 0.2) is 43.1 Å². The molecule has 4 nitrogen and oxygen atoms in total. The third kappa shape index (κ3) is 4.38. The summed E-state index contributed by atoms with van der Waals surface area (Å²) in [4.78, 5) is 4.53. The lowest BCUT2D eigenvalue weighted by Crippen LogP contribution is -2.68. The van der Waals surface area contributed by atoms with Gasteiger partial charge in [0.15, 0.2) is 0 Å². The highest BCUT2D eigenvalue weighted by Crippen LogP contribution is 2.47. The molecule has 1 aromatic heterocycles. The van der Waals surface area contributed by atoms with Crippen molar-refractivity contribution in [2.75, 3.05) is 26.7 Å². The number of rotatable bonds is 10. The van der Waals surface area contributed by atoms with Crippen LogP contribution in [0.2, 0.25) is 0 Å². The summed E-state index contributed by atoms with van der Waals surface area (Å²) in [7, 11) is 1.69. The van der Waals surface area contributed by atoms with Gasteiger partial charge < -0.3 is 14.3 Å².